The molecule has 1 amide bonds. The second kappa shape index (κ2) is 8.80. The van der Waals surface area contributed by atoms with Crippen molar-refractivity contribution in [1.82, 2.24) is 14.8 Å². The Kier molecular flexibility index (Phi) is 6.40. The van der Waals surface area contributed by atoms with Gasteiger partial charge in [0.2, 0.25) is 15.9 Å². The zero-order chi connectivity index (χ0) is 21.0. The number of aromatic nitrogens is 3. The fraction of sp³-hybridized carbons (Fsp3) is 0.278. The number of furan rings is 1. The highest BCUT2D eigenvalue weighted by Crippen LogP contribution is 2.25. The van der Waals surface area contributed by atoms with Crippen LogP contribution in [0.4, 0.5) is 5.69 Å². The summed E-state index contributed by atoms with van der Waals surface area (Å²) in [6, 6.07) is 8.23. The summed E-state index contributed by atoms with van der Waals surface area (Å²) in [6.45, 7) is 4.40. The fourth-order valence-electron chi connectivity index (χ4n) is 2.79. The third kappa shape index (κ3) is 4.86. The molecule has 3 aromatic rings. The van der Waals surface area contributed by atoms with Gasteiger partial charge in [0.15, 0.2) is 16.7 Å². The number of hydrogen-bond donors (Lipinski definition) is 2. The highest BCUT2D eigenvalue weighted by molar-refractivity contribution is 7.99. The largest absolute Gasteiger partial charge is 0.461 e. The van der Waals surface area contributed by atoms with Gasteiger partial charge in [-0.2, -0.15) is 0 Å². The van der Waals surface area contributed by atoms with E-state index in [1.807, 2.05) is 18.4 Å². The highest BCUT2D eigenvalue weighted by atomic mass is 32.2. The van der Waals surface area contributed by atoms with Crippen molar-refractivity contribution in [3.8, 4) is 11.6 Å². The number of aryl methyl sites for hydroxylation is 1. The lowest BCUT2D eigenvalue weighted by Crippen LogP contribution is -2.17. The number of thioether (sulfide) groups is 1. The average molecular weight is 436 g/mol. The van der Waals surface area contributed by atoms with Gasteiger partial charge >= 0.3 is 0 Å². The number of carbonyl (C=O) groups excluding carboxylic acids is 1. The molecule has 3 rings (SSSR count). The highest BCUT2D eigenvalue weighted by Gasteiger charge is 2.17. The van der Waals surface area contributed by atoms with Crippen LogP contribution in [0.5, 0.6) is 0 Å². The average Bonchev–Trinajstić information content (AvgIpc) is 3.34. The van der Waals surface area contributed by atoms with Crippen LogP contribution in [0.15, 0.2) is 51.1 Å². The summed E-state index contributed by atoms with van der Waals surface area (Å²) in [7, 11) is -3.87. The van der Waals surface area contributed by atoms with Crippen LogP contribution < -0.4 is 10.5 Å². The summed E-state index contributed by atoms with van der Waals surface area (Å²) in [4.78, 5) is 12.4. The Balaban J connectivity index is 1.70. The molecular formula is C18H21N5O4S2. The van der Waals surface area contributed by atoms with E-state index in [1.54, 1.807) is 30.5 Å². The molecule has 1 aromatic carbocycles. The number of amides is 1. The Morgan fingerprint density at radius 2 is 2.07 bits per heavy atom. The Morgan fingerprint density at radius 1 is 1.28 bits per heavy atom. The van der Waals surface area contributed by atoms with E-state index in [0.717, 1.165) is 0 Å². The first-order valence-corrected chi connectivity index (χ1v) is 11.4. The Bertz CT molecular complexity index is 1110. The van der Waals surface area contributed by atoms with Gasteiger partial charge in [0.1, 0.15) is 0 Å². The zero-order valence-corrected chi connectivity index (χ0v) is 17.6. The summed E-state index contributed by atoms with van der Waals surface area (Å²) in [5.74, 6) is 0.969. The van der Waals surface area contributed by atoms with Crippen LogP contribution in [0, 0.1) is 0 Å². The Hall–Kier alpha value is -2.63. The van der Waals surface area contributed by atoms with E-state index in [-0.39, 0.29) is 16.6 Å². The maximum Gasteiger partial charge on any atom is 0.238 e. The SMILES string of the molecule is CCc1ccc(NC(=O)CSc2nnc(-c3ccco3)n2CC)cc1S(N)(=O)=O. The molecule has 0 aliphatic carbocycles. The van der Waals surface area contributed by atoms with Crippen LogP contribution >= 0.6 is 11.8 Å². The molecule has 0 radical (unpaired) electrons. The molecular weight excluding hydrogens is 414 g/mol. The predicted octanol–water partition coefficient (Wildman–Crippen LogP) is 2.50. The topological polar surface area (TPSA) is 133 Å². The molecule has 154 valence electrons. The van der Waals surface area contributed by atoms with Crippen LogP contribution in [0.2, 0.25) is 0 Å². The molecule has 0 aliphatic rings. The van der Waals surface area contributed by atoms with Gasteiger partial charge in [-0.15, -0.1) is 10.2 Å². The van der Waals surface area contributed by atoms with E-state index < -0.39 is 10.0 Å². The molecule has 0 unspecified atom stereocenters. The van der Waals surface area contributed by atoms with Crippen LogP contribution in [-0.2, 0) is 27.8 Å². The molecule has 0 saturated heterocycles. The fourth-order valence-corrected chi connectivity index (χ4v) is 4.46. The molecule has 0 spiro atoms. The molecule has 0 saturated carbocycles. The first-order valence-electron chi connectivity index (χ1n) is 8.89. The molecule has 9 nitrogen and oxygen atoms in total. The third-order valence-corrected chi connectivity index (χ3v) is 6.11. The van der Waals surface area contributed by atoms with Crippen molar-refractivity contribution < 1.29 is 17.6 Å². The van der Waals surface area contributed by atoms with E-state index >= 15 is 0 Å². The zero-order valence-electron chi connectivity index (χ0n) is 16.0. The van der Waals surface area contributed by atoms with Crippen LogP contribution in [0.1, 0.15) is 19.4 Å². The standard InChI is InChI=1S/C18H21N5O4S2/c1-3-12-7-8-13(10-15(12)29(19,25)26)20-16(24)11-28-18-22-21-17(23(18)4-2)14-6-5-9-27-14/h5-10H,3-4,11H2,1-2H3,(H,20,24)(H2,19,25,26). The van der Waals surface area contributed by atoms with E-state index in [9.17, 15) is 13.2 Å². The minimum absolute atomic E-state index is 0.0132. The molecule has 11 heteroatoms. The van der Waals surface area contributed by atoms with Crippen LogP contribution in [-0.4, -0.2) is 34.8 Å². The van der Waals surface area contributed by atoms with E-state index in [2.05, 4.69) is 15.5 Å². The lowest BCUT2D eigenvalue weighted by molar-refractivity contribution is -0.113. The van der Waals surface area contributed by atoms with Gasteiger partial charge in [-0.25, -0.2) is 13.6 Å². The first kappa shape index (κ1) is 21.1. The van der Waals surface area contributed by atoms with Gasteiger partial charge in [-0.3, -0.25) is 9.36 Å². The second-order valence-corrected chi connectivity index (χ2v) is 8.56. The van der Waals surface area contributed by atoms with Crippen molar-refractivity contribution in [1.29, 1.82) is 0 Å². The van der Waals surface area contributed by atoms with Gasteiger partial charge in [-0.1, -0.05) is 24.8 Å². The van der Waals surface area contributed by atoms with Gasteiger partial charge in [-0.05, 0) is 43.2 Å². The number of rotatable bonds is 8. The number of primary sulfonamides is 1. The molecule has 0 fully saturated rings. The maximum absolute atomic E-state index is 12.3. The van der Waals surface area contributed by atoms with Crippen molar-refractivity contribution in [3.63, 3.8) is 0 Å². The smallest absolute Gasteiger partial charge is 0.238 e. The number of hydrogen-bond acceptors (Lipinski definition) is 7. The van der Waals surface area contributed by atoms with Gasteiger partial charge in [0.25, 0.3) is 0 Å². The quantitative estimate of drug-likeness (QED) is 0.519. The lowest BCUT2D eigenvalue weighted by Gasteiger charge is -2.10. The number of nitrogens with one attached hydrogen (secondary N) is 1. The summed E-state index contributed by atoms with van der Waals surface area (Å²) >= 11 is 1.23. The minimum atomic E-state index is -3.87. The number of anilines is 1. The molecule has 2 aromatic heterocycles. The lowest BCUT2D eigenvalue weighted by atomic mass is 10.1. The van der Waals surface area contributed by atoms with E-state index in [1.165, 1.54) is 17.8 Å². The summed E-state index contributed by atoms with van der Waals surface area (Å²) < 4.78 is 30.8. The van der Waals surface area contributed by atoms with E-state index in [4.69, 9.17) is 9.56 Å². The van der Waals surface area contributed by atoms with Crippen molar-refractivity contribution in [2.45, 2.75) is 36.9 Å². The van der Waals surface area contributed by atoms with Crippen molar-refractivity contribution in [3.05, 3.63) is 42.2 Å². The van der Waals surface area contributed by atoms with Crippen molar-refractivity contribution in [2.75, 3.05) is 11.1 Å². The number of benzene rings is 1. The van der Waals surface area contributed by atoms with E-state index in [0.29, 0.717) is 41.0 Å². The molecule has 0 aliphatic heterocycles. The van der Waals surface area contributed by atoms with Gasteiger partial charge in [0.05, 0.1) is 16.9 Å². The third-order valence-electron chi connectivity index (χ3n) is 4.15. The molecule has 3 N–H and O–H groups in total. The number of nitrogens with zero attached hydrogens (tertiary/aromatic N) is 3. The number of sulfonamides is 1. The first-order chi connectivity index (χ1) is 13.8. The number of carbonyl (C=O) groups is 1. The maximum atomic E-state index is 12.3. The number of nitrogens with two attached hydrogens (primary N) is 1. The second-order valence-electron chi connectivity index (χ2n) is 6.09. The van der Waals surface area contributed by atoms with Gasteiger partial charge in [0, 0.05) is 12.2 Å². The minimum Gasteiger partial charge on any atom is -0.461 e. The van der Waals surface area contributed by atoms with Gasteiger partial charge < -0.3 is 9.73 Å². The normalized spacial score (nSPS) is 11.6. The predicted molar refractivity (Wildman–Crippen MR) is 110 cm³/mol. The summed E-state index contributed by atoms with van der Waals surface area (Å²) in [5, 5.41) is 16.8. The molecule has 29 heavy (non-hydrogen) atoms. The summed E-state index contributed by atoms with van der Waals surface area (Å²) in [5.41, 5.74) is 0.964. The van der Waals surface area contributed by atoms with Crippen molar-refractivity contribution >= 4 is 33.4 Å². The Morgan fingerprint density at radius 3 is 2.69 bits per heavy atom. The van der Waals surface area contributed by atoms with Crippen LogP contribution in [0.25, 0.3) is 11.6 Å². The monoisotopic (exact) mass is 435 g/mol. The molecule has 2 heterocycles. The molecule has 0 bridgehead atoms. The molecule has 0 atom stereocenters. The Labute approximate surface area is 172 Å². The van der Waals surface area contributed by atoms with Crippen LogP contribution in [0.3, 0.4) is 0 Å². The van der Waals surface area contributed by atoms with Crippen molar-refractivity contribution in [2.24, 2.45) is 5.14 Å². The summed E-state index contributed by atoms with van der Waals surface area (Å²) in [6.07, 6.45) is 2.07.